The summed E-state index contributed by atoms with van der Waals surface area (Å²) in [5.74, 6) is -0.408. The van der Waals surface area contributed by atoms with Gasteiger partial charge in [-0.05, 0) is 47.9 Å². The number of ether oxygens (including phenoxy) is 3. The molecule has 0 saturated heterocycles. The van der Waals surface area contributed by atoms with Crippen molar-refractivity contribution in [2.45, 2.75) is 13.0 Å². The summed E-state index contributed by atoms with van der Waals surface area (Å²) in [6.07, 6.45) is 0.653. The van der Waals surface area contributed by atoms with Crippen molar-refractivity contribution < 1.29 is 28.2 Å². The number of amides is 1. The predicted octanol–water partition coefficient (Wildman–Crippen LogP) is 2.17. The van der Waals surface area contributed by atoms with Crippen molar-refractivity contribution in [1.29, 1.82) is 0 Å². The van der Waals surface area contributed by atoms with Crippen LogP contribution in [0.2, 0.25) is 0 Å². The molecular weight excluding hydrogens is 367 g/mol. The number of halogens is 1. The van der Waals surface area contributed by atoms with Crippen LogP contribution in [0.4, 0.5) is 10.1 Å². The van der Waals surface area contributed by atoms with E-state index in [4.69, 9.17) is 19.9 Å². The molecule has 0 radical (unpaired) electrons. The predicted molar refractivity (Wildman–Crippen MR) is 99.8 cm³/mol. The third-order valence-corrected chi connectivity index (χ3v) is 4.63. The van der Waals surface area contributed by atoms with Gasteiger partial charge in [0, 0.05) is 18.8 Å². The lowest BCUT2D eigenvalue weighted by atomic mass is 9.99. The fourth-order valence-corrected chi connectivity index (χ4v) is 3.11. The lowest BCUT2D eigenvalue weighted by Crippen LogP contribution is -2.38. The normalized spacial score (nSPS) is 12.9. The van der Waals surface area contributed by atoms with Crippen LogP contribution >= 0.6 is 0 Å². The van der Waals surface area contributed by atoms with Crippen molar-refractivity contribution in [1.82, 2.24) is 4.90 Å². The van der Waals surface area contributed by atoms with Gasteiger partial charge in [-0.25, -0.2) is 9.18 Å². The number of anilines is 1. The minimum atomic E-state index is -0.769. The topological polar surface area (TPSA) is 91.1 Å². The highest BCUT2D eigenvalue weighted by atomic mass is 19.1. The molecule has 7 nitrogen and oxygen atoms in total. The van der Waals surface area contributed by atoms with Gasteiger partial charge in [0.25, 0.3) is 5.91 Å². The fraction of sp³-hybridized carbons (Fsp3) is 0.300. The van der Waals surface area contributed by atoms with E-state index in [0.717, 1.165) is 23.3 Å². The van der Waals surface area contributed by atoms with Crippen LogP contribution in [0.3, 0.4) is 0 Å². The number of nitrogens with two attached hydrogens (primary N) is 1. The largest absolute Gasteiger partial charge is 0.493 e. The number of carbonyl (C=O) groups excluding carboxylic acids is 2. The Kier molecular flexibility index (Phi) is 5.67. The third-order valence-electron chi connectivity index (χ3n) is 4.63. The van der Waals surface area contributed by atoms with Crippen LogP contribution in [0.25, 0.3) is 0 Å². The SMILES string of the molecule is COc1cc2c(cc1OC)CN(C(=O)COC(=O)c1ccc(F)cc1N)CC2. The number of nitrogen functional groups attached to an aromatic ring is 1. The molecule has 0 aliphatic carbocycles. The molecular formula is C20H21FN2O5. The summed E-state index contributed by atoms with van der Waals surface area (Å²) in [6, 6.07) is 7.13. The standard InChI is InChI=1S/C20H21FN2O5/c1-26-17-7-12-5-6-23(10-13(12)8-18(17)27-2)19(24)11-28-20(25)15-4-3-14(21)9-16(15)22/h3-4,7-9H,5-6,10-11,22H2,1-2H3. The smallest absolute Gasteiger partial charge is 0.340 e. The van der Waals surface area contributed by atoms with Crippen molar-refractivity contribution in [3.8, 4) is 11.5 Å². The number of esters is 1. The molecule has 0 saturated carbocycles. The zero-order chi connectivity index (χ0) is 20.3. The first kappa shape index (κ1) is 19.5. The number of hydrogen-bond donors (Lipinski definition) is 1. The van der Waals surface area contributed by atoms with Crippen molar-refractivity contribution in [2.75, 3.05) is 33.1 Å². The van der Waals surface area contributed by atoms with Gasteiger partial charge in [0.1, 0.15) is 5.82 Å². The van der Waals surface area contributed by atoms with Gasteiger partial charge in [-0.3, -0.25) is 4.79 Å². The number of hydrogen-bond acceptors (Lipinski definition) is 6. The Bertz CT molecular complexity index is 916. The molecule has 1 aliphatic heterocycles. The first-order valence-corrected chi connectivity index (χ1v) is 8.66. The van der Waals surface area contributed by atoms with Gasteiger partial charge in [0.2, 0.25) is 0 Å². The highest BCUT2D eigenvalue weighted by molar-refractivity contribution is 5.96. The van der Waals surface area contributed by atoms with Gasteiger partial charge in [0.15, 0.2) is 18.1 Å². The maximum Gasteiger partial charge on any atom is 0.340 e. The van der Waals surface area contributed by atoms with E-state index < -0.39 is 18.4 Å². The van der Waals surface area contributed by atoms with E-state index in [2.05, 4.69) is 0 Å². The molecule has 1 amide bonds. The minimum Gasteiger partial charge on any atom is -0.493 e. The molecule has 148 valence electrons. The van der Waals surface area contributed by atoms with E-state index >= 15 is 0 Å². The second kappa shape index (κ2) is 8.16. The molecule has 0 bridgehead atoms. The van der Waals surface area contributed by atoms with Crippen LogP contribution in [0.5, 0.6) is 11.5 Å². The zero-order valence-corrected chi connectivity index (χ0v) is 15.7. The molecule has 1 aliphatic rings. The number of fused-ring (bicyclic) bond motifs is 1. The highest BCUT2D eigenvalue weighted by Gasteiger charge is 2.24. The van der Waals surface area contributed by atoms with Gasteiger partial charge in [-0.2, -0.15) is 0 Å². The summed E-state index contributed by atoms with van der Waals surface area (Å²) in [5.41, 5.74) is 7.64. The van der Waals surface area contributed by atoms with Gasteiger partial charge >= 0.3 is 5.97 Å². The second-order valence-electron chi connectivity index (χ2n) is 6.35. The molecule has 2 N–H and O–H groups in total. The van der Waals surface area contributed by atoms with E-state index in [9.17, 15) is 14.0 Å². The molecule has 8 heteroatoms. The molecule has 0 fully saturated rings. The summed E-state index contributed by atoms with van der Waals surface area (Å²) in [5, 5.41) is 0. The van der Waals surface area contributed by atoms with E-state index in [0.29, 0.717) is 31.0 Å². The Hall–Kier alpha value is -3.29. The summed E-state index contributed by atoms with van der Waals surface area (Å²) < 4.78 is 28.8. The van der Waals surface area contributed by atoms with Crippen molar-refractivity contribution in [3.05, 3.63) is 52.8 Å². The Balaban J connectivity index is 1.64. The molecule has 2 aromatic carbocycles. The van der Waals surface area contributed by atoms with Gasteiger partial charge in [-0.15, -0.1) is 0 Å². The lowest BCUT2D eigenvalue weighted by molar-refractivity contribution is -0.135. The number of methoxy groups -OCH3 is 2. The Morgan fingerprint density at radius 3 is 2.43 bits per heavy atom. The van der Waals surface area contributed by atoms with Gasteiger partial charge in [-0.1, -0.05) is 0 Å². The highest BCUT2D eigenvalue weighted by Crippen LogP contribution is 2.33. The monoisotopic (exact) mass is 388 g/mol. The number of benzene rings is 2. The van der Waals surface area contributed by atoms with E-state index in [-0.39, 0.29) is 17.2 Å². The van der Waals surface area contributed by atoms with E-state index in [1.165, 1.54) is 6.07 Å². The van der Waals surface area contributed by atoms with Gasteiger partial charge in [0.05, 0.1) is 19.8 Å². The quantitative estimate of drug-likeness (QED) is 0.624. The van der Waals surface area contributed by atoms with Crippen LogP contribution in [-0.4, -0.2) is 44.1 Å². The van der Waals surface area contributed by atoms with Crippen LogP contribution < -0.4 is 15.2 Å². The number of nitrogens with zero attached hydrogens (tertiary/aromatic N) is 1. The number of carbonyl (C=O) groups is 2. The van der Waals surface area contributed by atoms with Crippen molar-refractivity contribution >= 4 is 17.6 Å². The van der Waals surface area contributed by atoms with E-state index in [1.807, 2.05) is 12.1 Å². The van der Waals surface area contributed by atoms with Crippen LogP contribution in [-0.2, 0) is 22.5 Å². The molecule has 3 rings (SSSR count). The molecule has 28 heavy (non-hydrogen) atoms. The van der Waals surface area contributed by atoms with E-state index in [1.54, 1.807) is 19.1 Å². The molecule has 0 atom stereocenters. The number of rotatable bonds is 5. The van der Waals surface area contributed by atoms with Crippen LogP contribution in [0, 0.1) is 5.82 Å². The Morgan fingerprint density at radius 2 is 1.79 bits per heavy atom. The molecule has 0 spiro atoms. The van der Waals surface area contributed by atoms with Crippen LogP contribution in [0.15, 0.2) is 30.3 Å². The Labute approximate surface area is 161 Å². The summed E-state index contributed by atoms with van der Waals surface area (Å²) in [4.78, 5) is 26.2. The third kappa shape index (κ3) is 4.00. The molecule has 0 aromatic heterocycles. The minimum absolute atomic E-state index is 0.0232. The first-order chi connectivity index (χ1) is 13.4. The maximum atomic E-state index is 13.1. The average Bonchev–Trinajstić information content (AvgIpc) is 2.70. The van der Waals surface area contributed by atoms with Crippen LogP contribution in [0.1, 0.15) is 21.5 Å². The van der Waals surface area contributed by atoms with Crippen molar-refractivity contribution in [3.63, 3.8) is 0 Å². The molecule has 2 aromatic rings. The van der Waals surface area contributed by atoms with Crippen molar-refractivity contribution in [2.24, 2.45) is 0 Å². The summed E-state index contributed by atoms with van der Waals surface area (Å²) >= 11 is 0. The Morgan fingerprint density at radius 1 is 1.11 bits per heavy atom. The molecule has 1 heterocycles. The summed E-state index contributed by atoms with van der Waals surface area (Å²) in [7, 11) is 3.13. The first-order valence-electron chi connectivity index (χ1n) is 8.66. The maximum absolute atomic E-state index is 13.1. The second-order valence-corrected chi connectivity index (χ2v) is 6.35. The van der Waals surface area contributed by atoms with Gasteiger partial charge < -0.3 is 24.8 Å². The molecule has 0 unspecified atom stereocenters. The zero-order valence-electron chi connectivity index (χ0n) is 15.7. The fourth-order valence-electron chi connectivity index (χ4n) is 3.11. The summed E-state index contributed by atoms with van der Waals surface area (Å²) in [6.45, 7) is 0.459. The average molecular weight is 388 g/mol. The lowest BCUT2D eigenvalue weighted by Gasteiger charge is -2.29.